The Hall–Kier alpha value is -0.0800. The number of rotatable bonds is 15. The molecule has 2 unspecified atom stereocenters. The first-order chi connectivity index (χ1) is 9.70. The molecule has 0 saturated carbocycles. The quantitative estimate of drug-likeness (QED) is 0.415. The lowest BCUT2D eigenvalue weighted by atomic mass is 10.0. The van der Waals surface area contributed by atoms with Crippen LogP contribution in [0.3, 0.4) is 0 Å². The van der Waals surface area contributed by atoms with Crippen LogP contribution in [0, 0.1) is 6.42 Å². The van der Waals surface area contributed by atoms with Crippen LogP contribution in [0.5, 0.6) is 0 Å². The second-order valence-electron chi connectivity index (χ2n) is 6.07. The van der Waals surface area contributed by atoms with E-state index in [1.165, 1.54) is 57.8 Å². The maximum atomic E-state index is 9.75. The van der Waals surface area contributed by atoms with Crippen LogP contribution >= 0.6 is 0 Å². The van der Waals surface area contributed by atoms with E-state index in [2.05, 4.69) is 6.92 Å². The van der Waals surface area contributed by atoms with E-state index >= 15 is 0 Å². The molecule has 0 aromatic carbocycles. The molecule has 0 amide bonds. The van der Waals surface area contributed by atoms with Gasteiger partial charge >= 0.3 is 0 Å². The summed E-state index contributed by atoms with van der Waals surface area (Å²) < 4.78 is 0. The van der Waals surface area contributed by atoms with Crippen LogP contribution in [0.15, 0.2) is 0 Å². The third kappa shape index (κ3) is 14.3. The zero-order chi connectivity index (χ0) is 15.1. The van der Waals surface area contributed by atoms with Gasteiger partial charge in [-0.1, -0.05) is 78.1 Å². The van der Waals surface area contributed by atoms with Gasteiger partial charge in [-0.3, -0.25) is 0 Å². The van der Waals surface area contributed by atoms with E-state index in [0.717, 1.165) is 19.3 Å². The zero-order valence-corrected chi connectivity index (χ0v) is 13.8. The van der Waals surface area contributed by atoms with Gasteiger partial charge in [0.2, 0.25) is 0 Å². The van der Waals surface area contributed by atoms with Crippen LogP contribution in [-0.4, -0.2) is 22.4 Å². The maximum absolute atomic E-state index is 9.75. The van der Waals surface area contributed by atoms with Gasteiger partial charge in [0.25, 0.3) is 0 Å². The fourth-order valence-corrected chi connectivity index (χ4v) is 2.44. The van der Waals surface area contributed by atoms with Crippen LogP contribution in [-0.2, 0) is 0 Å². The monoisotopic (exact) mass is 285 g/mol. The van der Waals surface area contributed by atoms with Gasteiger partial charge in [-0.2, -0.15) is 0 Å². The molecule has 121 valence electrons. The molecule has 20 heavy (non-hydrogen) atoms. The number of hydrogen-bond donors (Lipinski definition) is 2. The summed E-state index contributed by atoms with van der Waals surface area (Å²) in [4.78, 5) is 0. The maximum Gasteiger partial charge on any atom is 0.0573 e. The second kappa shape index (κ2) is 15.3. The summed E-state index contributed by atoms with van der Waals surface area (Å²) in [6, 6.07) is 0. The summed E-state index contributed by atoms with van der Waals surface area (Å²) in [6.45, 7) is 4.22. The summed E-state index contributed by atoms with van der Waals surface area (Å²) in [5, 5.41) is 19.2. The van der Waals surface area contributed by atoms with Crippen molar-refractivity contribution in [3.05, 3.63) is 6.42 Å². The average molecular weight is 285 g/mol. The zero-order valence-electron chi connectivity index (χ0n) is 13.8. The van der Waals surface area contributed by atoms with Gasteiger partial charge in [-0.05, 0) is 25.7 Å². The molecule has 0 fully saturated rings. The van der Waals surface area contributed by atoms with Gasteiger partial charge < -0.3 is 10.2 Å². The predicted molar refractivity (Wildman–Crippen MR) is 87.7 cm³/mol. The molecule has 0 rings (SSSR count). The number of aliphatic hydroxyl groups is 2. The summed E-state index contributed by atoms with van der Waals surface area (Å²) >= 11 is 0. The molecule has 0 saturated heterocycles. The SMILES string of the molecule is CCCCCCCCCCCCC(O)[CH]CC(O)CC. The topological polar surface area (TPSA) is 40.5 Å². The first kappa shape index (κ1) is 19.9. The molecular weight excluding hydrogens is 248 g/mol. The average Bonchev–Trinajstić information content (AvgIpc) is 2.46. The molecule has 1 radical (unpaired) electrons. The van der Waals surface area contributed by atoms with Gasteiger partial charge in [-0.25, -0.2) is 0 Å². The molecule has 2 atom stereocenters. The second-order valence-corrected chi connectivity index (χ2v) is 6.07. The van der Waals surface area contributed by atoms with E-state index in [-0.39, 0.29) is 12.2 Å². The molecule has 0 aliphatic heterocycles. The van der Waals surface area contributed by atoms with Crippen molar-refractivity contribution in [2.45, 2.75) is 110 Å². The summed E-state index contributed by atoms with van der Waals surface area (Å²) in [5.74, 6) is 0. The Morgan fingerprint density at radius 1 is 0.750 bits per heavy atom. The Balaban J connectivity index is 3.15. The molecule has 0 heterocycles. The lowest BCUT2D eigenvalue weighted by Gasteiger charge is -2.12. The van der Waals surface area contributed by atoms with Gasteiger partial charge in [-0.15, -0.1) is 0 Å². The number of unbranched alkanes of at least 4 members (excludes halogenated alkanes) is 9. The standard InChI is InChI=1S/C18H37O2/c1-3-5-6-7-8-9-10-11-12-13-14-18(20)16-15-17(19)4-2/h16-20H,3-15H2,1-2H3. The van der Waals surface area contributed by atoms with Crippen molar-refractivity contribution < 1.29 is 10.2 Å². The molecule has 2 heteroatoms. The normalized spacial score (nSPS) is 14.4. The van der Waals surface area contributed by atoms with E-state index in [1.54, 1.807) is 0 Å². The molecule has 0 spiro atoms. The van der Waals surface area contributed by atoms with E-state index in [4.69, 9.17) is 0 Å². The van der Waals surface area contributed by atoms with Crippen molar-refractivity contribution in [3.8, 4) is 0 Å². The third-order valence-corrected chi connectivity index (χ3v) is 4.00. The Bertz CT molecular complexity index is 182. The Morgan fingerprint density at radius 3 is 1.75 bits per heavy atom. The predicted octanol–water partition coefficient (Wildman–Crippen LogP) is 5.02. The minimum atomic E-state index is -0.328. The van der Waals surface area contributed by atoms with Crippen molar-refractivity contribution in [3.63, 3.8) is 0 Å². The van der Waals surface area contributed by atoms with Gasteiger partial charge in [0, 0.05) is 0 Å². The molecule has 0 aliphatic carbocycles. The van der Waals surface area contributed by atoms with Crippen molar-refractivity contribution in [1.29, 1.82) is 0 Å². The third-order valence-electron chi connectivity index (χ3n) is 4.00. The molecule has 0 aliphatic rings. The summed E-state index contributed by atoms with van der Waals surface area (Å²) in [5.41, 5.74) is 0. The highest BCUT2D eigenvalue weighted by Gasteiger charge is 2.07. The minimum Gasteiger partial charge on any atom is -0.393 e. The van der Waals surface area contributed by atoms with E-state index in [0.29, 0.717) is 6.42 Å². The fraction of sp³-hybridized carbons (Fsp3) is 0.944. The van der Waals surface area contributed by atoms with E-state index in [1.807, 2.05) is 13.3 Å². The van der Waals surface area contributed by atoms with Crippen LogP contribution in [0.2, 0.25) is 0 Å². The molecule has 0 aromatic rings. The molecule has 0 bridgehead atoms. The van der Waals surface area contributed by atoms with E-state index in [9.17, 15) is 10.2 Å². The van der Waals surface area contributed by atoms with E-state index < -0.39 is 0 Å². The number of aliphatic hydroxyl groups excluding tert-OH is 2. The molecule has 2 nitrogen and oxygen atoms in total. The van der Waals surface area contributed by atoms with Crippen molar-refractivity contribution in [2.75, 3.05) is 0 Å². The Labute approximate surface area is 127 Å². The van der Waals surface area contributed by atoms with Crippen LogP contribution < -0.4 is 0 Å². The molecule has 2 N–H and O–H groups in total. The lowest BCUT2D eigenvalue weighted by Crippen LogP contribution is -2.13. The molecular formula is C18H37O2. The number of hydrogen-bond acceptors (Lipinski definition) is 2. The first-order valence-corrected chi connectivity index (χ1v) is 8.90. The molecule has 0 aromatic heterocycles. The van der Waals surface area contributed by atoms with Crippen LogP contribution in [0.25, 0.3) is 0 Å². The fourth-order valence-electron chi connectivity index (χ4n) is 2.44. The smallest absolute Gasteiger partial charge is 0.0573 e. The highest BCUT2D eigenvalue weighted by atomic mass is 16.3. The van der Waals surface area contributed by atoms with Crippen molar-refractivity contribution in [1.82, 2.24) is 0 Å². The highest BCUT2D eigenvalue weighted by molar-refractivity contribution is 4.78. The van der Waals surface area contributed by atoms with Gasteiger partial charge in [0.15, 0.2) is 0 Å². The van der Waals surface area contributed by atoms with Crippen molar-refractivity contribution >= 4 is 0 Å². The Kier molecular flexibility index (Phi) is 15.3. The van der Waals surface area contributed by atoms with Gasteiger partial charge in [0.05, 0.1) is 12.2 Å². The van der Waals surface area contributed by atoms with Crippen molar-refractivity contribution in [2.24, 2.45) is 0 Å². The summed E-state index contributed by atoms with van der Waals surface area (Å²) in [7, 11) is 0. The summed E-state index contributed by atoms with van der Waals surface area (Å²) in [6.07, 6.45) is 16.8. The minimum absolute atomic E-state index is 0.280. The van der Waals surface area contributed by atoms with Crippen LogP contribution in [0.1, 0.15) is 97.3 Å². The van der Waals surface area contributed by atoms with Crippen LogP contribution in [0.4, 0.5) is 0 Å². The highest BCUT2D eigenvalue weighted by Crippen LogP contribution is 2.13. The Morgan fingerprint density at radius 2 is 1.25 bits per heavy atom. The largest absolute Gasteiger partial charge is 0.393 e. The van der Waals surface area contributed by atoms with Gasteiger partial charge in [0.1, 0.15) is 0 Å². The lowest BCUT2D eigenvalue weighted by molar-refractivity contribution is 0.141. The first-order valence-electron chi connectivity index (χ1n) is 8.90.